The number of carbonyl (C=O) groups excluding carboxylic acids is 2. The van der Waals surface area contributed by atoms with Gasteiger partial charge in [-0.15, -0.1) is 0 Å². The number of amides is 2. The molecule has 1 fully saturated rings. The first-order valence-corrected chi connectivity index (χ1v) is 8.14. The number of hydrogen-bond acceptors (Lipinski definition) is 4. The summed E-state index contributed by atoms with van der Waals surface area (Å²) in [5, 5.41) is 7.65. The van der Waals surface area contributed by atoms with Gasteiger partial charge in [-0.05, 0) is 24.3 Å². The third-order valence-electron chi connectivity index (χ3n) is 3.17. The molecule has 21 heavy (non-hydrogen) atoms. The van der Waals surface area contributed by atoms with E-state index >= 15 is 0 Å². The van der Waals surface area contributed by atoms with Crippen molar-refractivity contribution in [3.05, 3.63) is 24.3 Å². The van der Waals surface area contributed by atoms with E-state index in [1.54, 1.807) is 24.3 Å². The molecule has 0 saturated carbocycles. The largest absolute Gasteiger partial charge is 0.326 e. The van der Waals surface area contributed by atoms with Gasteiger partial charge >= 0.3 is 0 Å². The second-order valence-electron chi connectivity index (χ2n) is 5.13. The highest BCUT2D eigenvalue weighted by atomic mass is 32.2. The van der Waals surface area contributed by atoms with E-state index < -0.39 is 10.0 Å². The topological polar surface area (TPSA) is 110 Å². The minimum atomic E-state index is -3.58. The fraction of sp³-hybridized carbons (Fsp3) is 0.385. The zero-order chi connectivity index (χ0) is 15.6. The van der Waals surface area contributed by atoms with Crippen LogP contribution < -0.4 is 15.4 Å². The maximum Gasteiger partial charge on any atom is 0.227 e. The maximum atomic E-state index is 12.0. The Hall–Kier alpha value is -1.93. The van der Waals surface area contributed by atoms with Crippen molar-refractivity contribution in [2.75, 3.05) is 22.5 Å². The van der Waals surface area contributed by atoms with Crippen LogP contribution in [-0.2, 0) is 19.6 Å². The Morgan fingerprint density at radius 1 is 1.38 bits per heavy atom. The molecule has 7 nitrogen and oxygen atoms in total. The number of anilines is 2. The monoisotopic (exact) mass is 311 g/mol. The number of carbonyl (C=O) groups is 2. The van der Waals surface area contributed by atoms with Crippen molar-refractivity contribution in [3.8, 4) is 0 Å². The first-order chi connectivity index (χ1) is 9.74. The number of sulfonamides is 1. The van der Waals surface area contributed by atoms with E-state index in [4.69, 9.17) is 5.14 Å². The summed E-state index contributed by atoms with van der Waals surface area (Å²) in [6.07, 6.45) is 0.171. The molecule has 0 bridgehead atoms. The lowest BCUT2D eigenvalue weighted by Crippen LogP contribution is -2.27. The van der Waals surface area contributed by atoms with Crippen molar-refractivity contribution in [1.29, 1.82) is 0 Å². The smallest absolute Gasteiger partial charge is 0.227 e. The van der Waals surface area contributed by atoms with Gasteiger partial charge in [-0.25, -0.2) is 13.6 Å². The van der Waals surface area contributed by atoms with Crippen LogP contribution in [0.15, 0.2) is 24.3 Å². The standard InChI is InChI=1S/C13H17N3O4S/c1-9(17)15-11-2-4-12(5-3-11)16-7-10(6-13(16)18)8-21(14,19)20/h2-5,10H,6-8H2,1H3,(H,15,17)(H2,14,19,20). The molecular weight excluding hydrogens is 294 g/mol. The van der Waals surface area contributed by atoms with Crippen molar-refractivity contribution in [2.24, 2.45) is 11.1 Å². The number of rotatable bonds is 4. The van der Waals surface area contributed by atoms with E-state index in [9.17, 15) is 18.0 Å². The normalized spacial score (nSPS) is 18.9. The van der Waals surface area contributed by atoms with E-state index in [0.29, 0.717) is 17.9 Å². The van der Waals surface area contributed by atoms with Crippen LogP contribution in [0.1, 0.15) is 13.3 Å². The van der Waals surface area contributed by atoms with E-state index in [1.165, 1.54) is 11.8 Å². The van der Waals surface area contributed by atoms with Gasteiger partial charge in [0.1, 0.15) is 0 Å². The summed E-state index contributed by atoms with van der Waals surface area (Å²) in [4.78, 5) is 24.4. The highest BCUT2D eigenvalue weighted by molar-refractivity contribution is 7.89. The summed E-state index contributed by atoms with van der Waals surface area (Å²) in [6.45, 7) is 1.74. The van der Waals surface area contributed by atoms with Gasteiger partial charge < -0.3 is 10.2 Å². The van der Waals surface area contributed by atoms with Gasteiger partial charge in [-0.3, -0.25) is 9.59 Å². The lowest BCUT2D eigenvalue weighted by Gasteiger charge is -2.17. The molecule has 1 aliphatic heterocycles. The molecule has 1 aliphatic rings. The highest BCUT2D eigenvalue weighted by Crippen LogP contribution is 2.26. The molecule has 8 heteroatoms. The van der Waals surface area contributed by atoms with Crippen LogP contribution >= 0.6 is 0 Å². The Kier molecular flexibility index (Phi) is 4.29. The molecule has 1 heterocycles. The molecule has 0 aromatic heterocycles. The predicted molar refractivity (Wildman–Crippen MR) is 79.2 cm³/mol. The Morgan fingerprint density at radius 3 is 2.52 bits per heavy atom. The van der Waals surface area contributed by atoms with Crippen molar-refractivity contribution in [3.63, 3.8) is 0 Å². The minimum Gasteiger partial charge on any atom is -0.326 e. The molecule has 1 unspecified atom stereocenters. The Bertz CT molecular complexity index is 654. The van der Waals surface area contributed by atoms with Gasteiger partial charge in [0.2, 0.25) is 21.8 Å². The molecule has 2 rings (SSSR count). The van der Waals surface area contributed by atoms with E-state index in [0.717, 1.165) is 0 Å². The maximum absolute atomic E-state index is 12.0. The van der Waals surface area contributed by atoms with Crippen molar-refractivity contribution in [2.45, 2.75) is 13.3 Å². The summed E-state index contributed by atoms with van der Waals surface area (Å²) in [6, 6.07) is 6.80. The Morgan fingerprint density at radius 2 is 2.00 bits per heavy atom. The number of benzene rings is 1. The molecular formula is C13H17N3O4S. The summed E-state index contributed by atoms with van der Waals surface area (Å²) >= 11 is 0. The number of nitrogens with one attached hydrogen (secondary N) is 1. The molecule has 0 radical (unpaired) electrons. The molecule has 3 N–H and O–H groups in total. The van der Waals surface area contributed by atoms with Gasteiger partial charge in [0.05, 0.1) is 5.75 Å². The number of nitrogens with two attached hydrogens (primary N) is 1. The van der Waals surface area contributed by atoms with Crippen LogP contribution in [0.4, 0.5) is 11.4 Å². The second-order valence-corrected chi connectivity index (χ2v) is 6.79. The zero-order valence-corrected chi connectivity index (χ0v) is 12.4. The zero-order valence-electron chi connectivity index (χ0n) is 11.6. The molecule has 0 spiro atoms. The number of hydrogen-bond donors (Lipinski definition) is 2. The average Bonchev–Trinajstić information content (AvgIpc) is 2.68. The number of nitrogens with zero attached hydrogens (tertiary/aromatic N) is 1. The van der Waals surface area contributed by atoms with E-state index in [2.05, 4.69) is 5.32 Å². The lowest BCUT2D eigenvalue weighted by atomic mass is 10.1. The third kappa shape index (κ3) is 4.27. The van der Waals surface area contributed by atoms with Crippen LogP contribution in [0.3, 0.4) is 0 Å². The van der Waals surface area contributed by atoms with Crippen LogP contribution in [0, 0.1) is 5.92 Å². The molecule has 1 aromatic rings. The number of primary sulfonamides is 1. The summed E-state index contributed by atoms with van der Waals surface area (Å²) in [5.41, 5.74) is 1.31. The Labute approximate surface area is 123 Å². The van der Waals surface area contributed by atoms with Gasteiger partial charge in [-0.1, -0.05) is 0 Å². The molecule has 1 atom stereocenters. The van der Waals surface area contributed by atoms with Gasteiger partial charge in [0.25, 0.3) is 0 Å². The van der Waals surface area contributed by atoms with E-state index in [1.807, 2.05) is 0 Å². The predicted octanol–water partition coefficient (Wildman–Crippen LogP) is 0.286. The molecule has 2 amide bonds. The van der Waals surface area contributed by atoms with Gasteiger partial charge in [0, 0.05) is 37.2 Å². The summed E-state index contributed by atoms with van der Waals surface area (Å²) < 4.78 is 22.2. The quantitative estimate of drug-likeness (QED) is 0.832. The SMILES string of the molecule is CC(=O)Nc1ccc(N2CC(CS(N)(=O)=O)CC2=O)cc1. The van der Waals surface area contributed by atoms with Gasteiger partial charge in [0.15, 0.2) is 0 Å². The molecule has 1 aromatic carbocycles. The van der Waals surface area contributed by atoms with Crippen molar-refractivity contribution >= 4 is 33.2 Å². The fourth-order valence-corrected chi connectivity index (χ4v) is 3.28. The first-order valence-electron chi connectivity index (χ1n) is 6.43. The fourth-order valence-electron chi connectivity index (χ4n) is 2.40. The van der Waals surface area contributed by atoms with E-state index in [-0.39, 0.29) is 29.9 Å². The molecule has 1 saturated heterocycles. The highest BCUT2D eigenvalue weighted by Gasteiger charge is 2.32. The molecule has 0 aliphatic carbocycles. The summed E-state index contributed by atoms with van der Waals surface area (Å²) in [5.74, 6) is -0.786. The average molecular weight is 311 g/mol. The molecule has 114 valence electrons. The van der Waals surface area contributed by atoms with Crippen molar-refractivity contribution in [1.82, 2.24) is 0 Å². The lowest BCUT2D eigenvalue weighted by molar-refractivity contribution is -0.117. The minimum absolute atomic E-state index is 0.129. The van der Waals surface area contributed by atoms with Crippen LogP contribution in [0.25, 0.3) is 0 Å². The summed E-state index contributed by atoms with van der Waals surface area (Å²) in [7, 11) is -3.58. The van der Waals surface area contributed by atoms with Crippen LogP contribution in [0.5, 0.6) is 0 Å². The van der Waals surface area contributed by atoms with Gasteiger partial charge in [-0.2, -0.15) is 0 Å². The van der Waals surface area contributed by atoms with Crippen molar-refractivity contribution < 1.29 is 18.0 Å². The first kappa shape index (κ1) is 15.5. The Balaban J connectivity index is 2.08. The second kappa shape index (κ2) is 5.82. The third-order valence-corrected chi connectivity index (χ3v) is 4.11. The van der Waals surface area contributed by atoms with Crippen LogP contribution in [0.2, 0.25) is 0 Å². The van der Waals surface area contributed by atoms with Crippen LogP contribution in [-0.4, -0.2) is 32.5 Å².